The quantitative estimate of drug-likeness (QED) is 0.748. The summed E-state index contributed by atoms with van der Waals surface area (Å²) in [7, 11) is 0. The normalized spacial score (nSPS) is 10.0. The van der Waals surface area contributed by atoms with Gasteiger partial charge in [-0.25, -0.2) is 0 Å². The van der Waals surface area contributed by atoms with Gasteiger partial charge in [-0.3, -0.25) is 0 Å². The summed E-state index contributed by atoms with van der Waals surface area (Å²) >= 11 is 0. The topological polar surface area (TPSA) is 21.3 Å². The summed E-state index contributed by atoms with van der Waals surface area (Å²) in [4.78, 5) is 0. The van der Waals surface area contributed by atoms with Gasteiger partial charge in [0.25, 0.3) is 0 Å². The Morgan fingerprint density at radius 2 is 2.00 bits per heavy atom. The zero-order valence-corrected chi connectivity index (χ0v) is 8.34. The van der Waals surface area contributed by atoms with Crippen LogP contribution in [0.15, 0.2) is 24.3 Å². The largest absolute Gasteiger partial charge is 0.494 e. The third-order valence-corrected chi connectivity index (χ3v) is 1.84. The highest BCUT2D eigenvalue weighted by Gasteiger charge is 1.99. The summed E-state index contributed by atoms with van der Waals surface area (Å²) in [5.74, 6) is 0.992. The van der Waals surface area contributed by atoms with Gasteiger partial charge in [0.1, 0.15) is 5.75 Å². The van der Waals surface area contributed by atoms with E-state index in [1.165, 1.54) is 5.56 Å². The van der Waals surface area contributed by atoms with Gasteiger partial charge in [-0.2, -0.15) is 0 Å². The lowest BCUT2D eigenvalue weighted by Crippen LogP contribution is -2.12. The molecular formula is C11H17NO. The predicted molar refractivity (Wildman–Crippen MR) is 55.0 cm³/mol. The monoisotopic (exact) mass is 179 g/mol. The van der Waals surface area contributed by atoms with Crippen LogP contribution in [0.1, 0.15) is 19.4 Å². The van der Waals surface area contributed by atoms with Crippen LogP contribution in [-0.2, 0) is 6.54 Å². The summed E-state index contributed by atoms with van der Waals surface area (Å²) in [6.07, 6.45) is 0. The van der Waals surface area contributed by atoms with E-state index in [1.54, 1.807) is 0 Å². The Morgan fingerprint density at radius 1 is 1.23 bits per heavy atom. The minimum Gasteiger partial charge on any atom is -0.494 e. The van der Waals surface area contributed by atoms with Crippen LogP contribution in [-0.4, -0.2) is 13.2 Å². The molecule has 0 amide bonds. The molecule has 0 radical (unpaired) electrons. The van der Waals surface area contributed by atoms with Crippen LogP contribution in [0.4, 0.5) is 0 Å². The van der Waals surface area contributed by atoms with Crippen molar-refractivity contribution in [1.82, 2.24) is 5.32 Å². The molecule has 0 saturated heterocycles. The molecule has 2 heteroatoms. The lowest BCUT2D eigenvalue weighted by Gasteiger charge is -2.09. The molecule has 0 bridgehead atoms. The van der Waals surface area contributed by atoms with Crippen LogP contribution in [0.25, 0.3) is 0 Å². The van der Waals surface area contributed by atoms with Crippen LogP contribution in [0, 0.1) is 0 Å². The van der Waals surface area contributed by atoms with Crippen LogP contribution in [0.5, 0.6) is 5.75 Å². The van der Waals surface area contributed by atoms with Gasteiger partial charge in [0.15, 0.2) is 0 Å². The van der Waals surface area contributed by atoms with Crippen LogP contribution >= 0.6 is 0 Å². The molecule has 1 aromatic rings. The zero-order valence-electron chi connectivity index (χ0n) is 8.34. The predicted octanol–water partition coefficient (Wildman–Crippen LogP) is 2.19. The fourth-order valence-corrected chi connectivity index (χ4v) is 1.21. The molecule has 13 heavy (non-hydrogen) atoms. The Balaban J connectivity index is 2.66. The van der Waals surface area contributed by atoms with Crippen molar-refractivity contribution in [1.29, 1.82) is 0 Å². The van der Waals surface area contributed by atoms with Crippen LogP contribution < -0.4 is 10.1 Å². The molecule has 1 N–H and O–H groups in total. The maximum Gasteiger partial charge on any atom is 0.123 e. The molecule has 0 atom stereocenters. The van der Waals surface area contributed by atoms with Crippen LogP contribution in [0.2, 0.25) is 0 Å². The molecular weight excluding hydrogens is 162 g/mol. The van der Waals surface area contributed by atoms with Crippen molar-refractivity contribution in [2.24, 2.45) is 0 Å². The van der Waals surface area contributed by atoms with E-state index in [2.05, 4.69) is 18.3 Å². The second kappa shape index (κ2) is 5.60. The molecule has 0 saturated carbocycles. The second-order valence-electron chi connectivity index (χ2n) is 2.82. The van der Waals surface area contributed by atoms with Gasteiger partial charge in [-0.1, -0.05) is 25.1 Å². The van der Waals surface area contributed by atoms with Crippen molar-refractivity contribution in [3.8, 4) is 5.75 Å². The first-order chi connectivity index (χ1) is 6.38. The molecule has 1 aromatic carbocycles. The first kappa shape index (κ1) is 10.1. The third kappa shape index (κ3) is 3.07. The third-order valence-electron chi connectivity index (χ3n) is 1.84. The van der Waals surface area contributed by atoms with E-state index >= 15 is 0 Å². The standard InChI is InChI=1S/C11H17NO/c1-3-12-9-10-7-5-6-8-11(10)13-4-2/h5-8,12H,3-4,9H2,1-2H3. The number of hydrogen-bond donors (Lipinski definition) is 1. The maximum atomic E-state index is 5.49. The van der Waals surface area contributed by atoms with Gasteiger partial charge in [0, 0.05) is 12.1 Å². The van der Waals surface area contributed by atoms with Crippen molar-refractivity contribution < 1.29 is 4.74 Å². The Morgan fingerprint density at radius 3 is 2.69 bits per heavy atom. The SMILES string of the molecule is CCNCc1ccccc1OCC. The fourth-order valence-electron chi connectivity index (χ4n) is 1.21. The van der Waals surface area contributed by atoms with Gasteiger partial charge in [0.05, 0.1) is 6.61 Å². The van der Waals surface area contributed by atoms with Crippen molar-refractivity contribution in [2.75, 3.05) is 13.2 Å². The summed E-state index contributed by atoms with van der Waals surface area (Å²) in [6.45, 7) is 6.70. The highest BCUT2D eigenvalue weighted by molar-refractivity contribution is 5.33. The van der Waals surface area contributed by atoms with Crippen molar-refractivity contribution in [3.63, 3.8) is 0 Å². The summed E-state index contributed by atoms with van der Waals surface area (Å²) in [5, 5.41) is 3.28. The molecule has 0 fully saturated rings. The fraction of sp³-hybridized carbons (Fsp3) is 0.455. The molecule has 2 nitrogen and oxygen atoms in total. The first-order valence-corrected chi connectivity index (χ1v) is 4.80. The molecule has 0 aromatic heterocycles. The zero-order chi connectivity index (χ0) is 9.52. The molecule has 0 aliphatic heterocycles. The molecule has 0 heterocycles. The lowest BCUT2D eigenvalue weighted by atomic mass is 10.2. The Labute approximate surface area is 79.9 Å². The molecule has 72 valence electrons. The second-order valence-corrected chi connectivity index (χ2v) is 2.82. The summed E-state index contributed by atoms with van der Waals surface area (Å²) in [6, 6.07) is 8.14. The molecule has 0 aliphatic carbocycles. The molecule has 0 spiro atoms. The van der Waals surface area contributed by atoms with Gasteiger partial charge >= 0.3 is 0 Å². The van der Waals surface area contributed by atoms with E-state index in [-0.39, 0.29) is 0 Å². The van der Waals surface area contributed by atoms with E-state index in [1.807, 2.05) is 25.1 Å². The average molecular weight is 179 g/mol. The Kier molecular flexibility index (Phi) is 4.33. The number of para-hydroxylation sites is 1. The van der Waals surface area contributed by atoms with Crippen molar-refractivity contribution >= 4 is 0 Å². The van der Waals surface area contributed by atoms with E-state index in [4.69, 9.17) is 4.74 Å². The smallest absolute Gasteiger partial charge is 0.123 e. The summed E-state index contributed by atoms with van der Waals surface area (Å²) < 4.78 is 5.49. The van der Waals surface area contributed by atoms with Crippen molar-refractivity contribution in [2.45, 2.75) is 20.4 Å². The first-order valence-electron chi connectivity index (χ1n) is 4.80. The van der Waals surface area contributed by atoms with E-state index in [9.17, 15) is 0 Å². The van der Waals surface area contributed by atoms with E-state index in [0.29, 0.717) is 0 Å². The van der Waals surface area contributed by atoms with Gasteiger partial charge < -0.3 is 10.1 Å². The highest BCUT2D eigenvalue weighted by atomic mass is 16.5. The Hall–Kier alpha value is -1.02. The van der Waals surface area contributed by atoms with E-state index < -0.39 is 0 Å². The maximum absolute atomic E-state index is 5.49. The number of nitrogens with one attached hydrogen (secondary N) is 1. The molecule has 0 unspecified atom stereocenters. The minimum absolute atomic E-state index is 0.725. The molecule has 0 aliphatic rings. The number of ether oxygens (including phenoxy) is 1. The number of hydrogen-bond acceptors (Lipinski definition) is 2. The summed E-state index contributed by atoms with van der Waals surface area (Å²) in [5.41, 5.74) is 1.23. The van der Waals surface area contributed by atoms with E-state index in [0.717, 1.165) is 25.4 Å². The lowest BCUT2D eigenvalue weighted by molar-refractivity contribution is 0.335. The van der Waals surface area contributed by atoms with Gasteiger partial charge in [-0.15, -0.1) is 0 Å². The highest BCUT2D eigenvalue weighted by Crippen LogP contribution is 2.17. The Bertz CT molecular complexity index is 248. The molecule has 1 rings (SSSR count). The average Bonchev–Trinajstić information content (AvgIpc) is 2.17. The number of rotatable bonds is 5. The number of benzene rings is 1. The van der Waals surface area contributed by atoms with Crippen LogP contribution in [0.3, 0.4) is 0 Å². The van der Waals surface area contributed by atoms with Gasteiger partial charge in [0.2, 0.25) is 0 Å². The minimum atomic E-state index is 0.725. The van der Waals surface area contributed by atoms with Gasteiger partial charge in [-0.05, 0) is 19.5 Å². The van der Waals surface area contributed by atoms with Crippen molar-refractivity contribution in [3.05, 3.63) is 29.8 Å².